The van der Waals surface area contributed by atoms with Crippen LogP contribution in [0.25, 0.3) is 0 Å². The molecule has 3 aromatic rings. The number of pyridine rings is 1. The van der Waals surface area contributed by atoms with Crippen molar-refractivity contribution in [2.24, 2.45) is 0 Å². The molecule has 0 bridgehead atoms. The van der Waals surface area contributed by atoms with Gasteiger partial charge in [-0.1, -0.05) is 31.5 Å². The number of carbonyl (C=O) groups is 2. The lowest BCUT2D eigenvalue weighted by Gasteiger charge is -2.41. The van der Waals surface area contributed by atoms with E-state index in [1.54, 1.807) is 29.2 Å². The number of anilines is 1. The van der Waals surface area contributed by atoms with Gasteiger partial charge in [-0.15, -0.1) is 0 Å². The van der Waals surface area contributed by atoms with Crippen LogP contribution in [0.15, 0.2) is 78.0 Å². The van der Waals surface area contributed by atoms with E-state index in [0.29, 0.717) is 61.2 Å². The highest BCUT2D eigenvalue weighted by Crippen LogP contribution is 2.32. The maximum Gasteiger partial charge on any atom is 0.253 e. The monoisotopic (exact) mass is 577 g/mol. The lowest BCUT2D eigenvalue weighted by Crippen LogP contribution is -2.50. The van der Waals surface area contributed by atoms with Gasteiger partial charge in [-0.3, -0.25) is 9.59 Å². The van der Waals surface area contributed by atoms with Crippen LogP contribution in [-0.2, 0) is 21.1 Å². The molecule has 2 aliphatic rings. The van der Waals surface area contributed by atoms with Gasteiger partial charge in [0.15, 0.2) is 12.4 Å². The van der Waals surface area contributed by atoms with Crippen molar-refractivity contribution in [2.75, 3.05) is 18.0 Å². The van der Waals surface area contributed by atoms with Crippen molar-refractivity contribution >= 4 is 27.3 Å². The highest BCUT2D eigenvalue weighted by Gasteiger charge is 2.34. The van der Waals surface area contributed by atoms with Crippen LogP contribution in [0.3, 0.4) is 0 Å². The molecule has 216 valence electrons. The molecule has 2 aromatic carbocycles. The minimum atomic E-state index is -3.85. The topological polar surface area (TPSA) is 111 Å². The summed E-state index contributed by atoms with van der Waals surface area (Å²) in [6, 6.07) is 17.2. The number of ether oxygens (including phenoxy) is 1. The molecule has 1 saturated heterocycles. The maximum atomic E-state index is 13.3. The summed E-state index contributed by atoms with van der Waals surface area (Å²) < 4.78 is 33.0. The summed E-state index contributed by atoms with van der Waals surface area (Å²) in [5, 5.41) is 11.4. The smallest absolute Gasteiger partial charge is 0.253 e. The van der Waals surface area contributed by atoms with Crippen LogP contribution in [0.2, 0.25) is 0 Å². The zero-order valence-electron chi connectivity index (χ0n) is 23.1. The predicted octanol–water partition coefficient (Wildman–Crippen LogP) is 4.27. The number of nitrogens with zero attached hydrogens (tertiary/aromatic N) is 3. The van der Waals surface area contributed by atoms with Gasteiger partial charge in [0.05, 0.1) is 4.90 Å². The first kappa shape index (κ1) is 28.6. The third-order valence-electron chi connectivity index (χ3n) is 7.85. The first-order valence-corrected chi connectivity index (χ1v) is 15.7. The van der Waals surface area contributed by atoms with Gasteiger partial charge in [0, 0.05) is 48.9 Å². The molecule has 0 radical (unpaired) electrons. The molecular weight excluding hydrogens is 542 g/mol. The van der Waals surface area contributed by atoms with Crippen molar-refractivity contribution in [3.63, 3.8) is 0 Å². The Balaban J connectivity index is 1.23. The molecule has 0 aliphatic carbocycles. The number of amides is 2. The van der Waals surface area contributed by atoms with Crippen LogP contribution in [0.5, 0.6) is 5.75 Å². The van der Waals surface area contributed by atoms with Gasteiger partial charge in [-0.2, -0.15) is 4.73 Å². The van der Waals surface area contributed by atoms with Crippen molar-refractivity contribution in [2.45, 2.75) is 68.2 Å². The van der Waals surface area contributed by atoms with E-state index in [2.05, 4.69) is 6.07 Å². The lowest BCUT2D eigenvalue weighted by atomic mass is 9.95. The van der Waals surface area contributed by atoms with Gasteiger partial charge in [0.25, 0.3) is 5.91 Å². The Labute approximate surface area is 240 Å². The number of likely N-dealkylation sites (tertiary alicyclic amines) is 1. The summed E-state index contributed by atoms with van der Waals surface area (Å²) >= 11 is 0. The molecule has 1 atom stereocenters. The van der Waals surface area contributed by atoms with Gasteiger partial charge < -0.3 is 19.7 Å². The fourth-order valence-corrected chi connectivity index (χ4v) is 7.10. The summed E-state index contributed by atoms with van der Waals surface area (Å²) in [6.07, 6.45) is 6.73. The van der Waals surface area contributed by atoms with Crippen molar-refractivity contribution in [3.05, 3.63) is 89.4 Å². The number of sulfone groups is 1. The molecule has 0 saturated carbocycles. The Morgan fingerprint density at radius 1 is 1.02 bits per heavy atom. The summed E-state index contributed by atoms with van der Waals surface area (Å²) in [5.74, 6) is 0.386. The van der Waals surface area contributed by atoms with E-state index >= 15 is 0 Å². The van der Waals surface area contributed by atoms with Crippen LogP contribution in [-0.4, -0.2) is 49.7 Å². The van der Waals surface area contributed by atoms with E-state index in [0.717, 1.165) is 30.9 Å². The minimum absolute atomic E-state index is 0.0237. The first-order valence-electron chi connectivity index (χ1n) is 14.2. The number of aromatic nitrogens is 1. The summed E-state index contributed by atoms with van der Waals surface area (Å²) in [7, 11) is -3.85. The number of hydrogen-bond donors (Lipinski definition) is 0. The highest BCUT2D eigenvalue weighted by molar-refractivity contribution is 7.92. The maximum absolute atomic E-state index is 13.3. The van der Waals surface area contributed by atoms with E-state index in [4.69, 9.17) is 4.74 Å². The fourth-order valence-electron chi connectivity index (χ4n) is 5.58. The molecule has 2 aliphatic heterocycles. The number of rotatable bonds is 9. The van der Waals surface area contributed by atoms with Gasteiger partial charge >= 0.3 is 0 Å². The van der Waals surface area contributed by atoms with Crippen molar-refractivity contribution in [1.82, 2.24) is 4.90 Å². The second-order valence-electron chi connectivity index (χ2n) is 10.6. The summed E-state index contributed by atoms with van der Waals surface area (Å²) in [6.45, 7) is 3.07. The fraction of sp³-hybridized carbons (Fsp3) is 0.387. The number of benzene rings is 2. The lowest BCUT2D eigenvalue weighted by molar-refractivity contribution is -0.605. The molecule has 1 fully saturated rings. The molecule has 1 unspecified atom stereocenters. The summed E-state index contributed by atoms with van der Waals surface area (Å²) in [4.78, 5) is 29.8. The number of para-hydroxylation sites is 1. The Morgan fingerprint density at radius 3 is 2.39 bits per heavy atom. The van der Waals surface area contributed by atoms with E-state index in [9.17, 15) is 23.2 Å². The van der Waals surface area contributed by atoms with Crippen LogP contribution < -0.4 is 14.4 Å². The van der Waals surface area contributed by atoms with Crippen molar-refractivity contribution in [3.8, 4) is 5.75 Å². The van der Waals surface area contributed by atoms with Crippen LogP contribution in [0.4, 0.5) is 5.69 Å². The second kappa shape index (κ2) is 12.3. The molecular formula is C31H35N3O6S. The van der Waals surface area contributed by atoms with Crippen LogP contribution in [0, 0.1) is 5.21 Å². The molecule has 10 heteroatoms. The first-order chi connectivity index (χ1) is 19.8. The standard InChI is InChI=1S/C31H35N3O6S/c1-2-3-8-30(41(38,39)27-17-21-33(37)22-18-27)40-26-12-9-24(10-13-26)31(36)32-19-15-25(16-20-32)34-28-7-5-4-6-23(28)11-14-29(34)35/h4-7,9-10,12-13,17-18,21-22,25,30H,2-3,8,11,14-16,19-20H2,1H3. The molecule has 5 rings (SSSR count). The predicted molar refractivity (Wildman–Crippen MR) is 154 cm³/mol. The average Bonchev–Trinajstić information content (AvgIpc) is 2.99. The number of unbranched alkanes of at least 4 members (excludes halogenated alkanes) is 1. The number of carbonyl (C=O) groups excluding carboxylic acids is 2. The largest absolute Gasteiger partial charge is 0.619 e. The van der Waals surface area contributed by atoms with E-state index in [1.807, 2.05) is 30.0 Å². The Kier molecular flexibility index (Phi) is 8.58. The number of aryl methyl sites for hydroxylation is 1. The second-order valence-corrected chi connectivity index (χ2v) is 12.7. The van der Waals surface area contributed by atoms with Crippen molar-refractivity contribution in [1.29, 1.82) is 0 Å². The quantitative estimate of drug-likeness (QED) is 0.277. The third kappa shape index (κ3) is 6.22. The number of hydrogen-bond acceptors (Lipinski definition) is 6. The molecule has 3 heterocycles. The van der Waals surface area contributed by atoms with Crippen molar-refractivity contribution < 1.29 is 27.5 Å². The molecule has 1 aromatic heterocycles. The van der Waals surface area contributed by atoms with Gasteiger partial charge in [0.1, 0.15) is 5.75 Å². The third-order valence-corrected chi connectivity index (χ3v) is 9.81. The molecule has 2 amide bonds. The van der Waals surface area contributed by atoms with Gasteiger partial charge in [-0.05, 0) is 68.0 Å². The molecule has 41 heavy (non-hydrogen) atoms. The normalized spacial score (nSPS) is 16.8. The van der Waals surface area contributed by atoms with E-state index in [1.165, 1.54) is 17.7 Å². The Bertz CT molecular complexity index is 1480. The summed E-state index contributed by atoms with van der Waals surface area (Å²) in [5.41, 5.74) is 1.56. The molecule has 0 N–H and O–H groups in total. The van der Waals surface area contributed by atoms with Crippen LogP contribution in [0.1, 0.15) is 61.4 Å². The van der Waals surface area contributed by atoms with Gasteiger partial charge in [0.2, 0.25) is 21.2 Å². The Hall–Kier alpha value is -3.92. The zero-order valence-corrected chi connectivity index (χ0v) is 24.0. The molecule has 9 nitrogen and oxygen atoms in total. The van der Waals surface area contributed by atoms with E-state index in [-0.39, 0.29) is 22.8 Å². The van der Waals surface area contributed by atoms with Crippen LogP contribution >= 0.6 is 0 Å². The Morgan fingerprint density at radius 2 is 1.71 bits per heavy atom. The van der Waals surface area contributed by atoms with Gasteiger partial charge in [-0.25, -0.2) is 8.42 Å². The number of fused-ring (bicyclic) bond motifs is 1. The number of piperidine rings is 1. The molecule has 0 spiro atoms. The minimum Gasteiger partial charge on any atom is -0.619 e. The van der Waals surface area contributed by atoms with E-state index < -0.39 is 15.3 Å². The zero-order chi connectivity index (χ0) is 29.0. The average molecular weight is 578 g/mol. The highest BCUT2D eigenvalue weighted by atomic mass is 32.2. The SMILES string of the molecule is CCCCC(Oc1ccc(C(=O)N2CCC(N3C(=O)CCc4ccccc43)CC2)cc1)S(=O)(=O)c1cc[n+]([O-])cc1.